The summed E-state index contributed by atoms with van der Waals surface area (Å²) < 4.78 is 13.4. The van der Waals surface area contributed by atoms with Crippen molar-refractivity contribution in [2.75, 3.05) is 0 Å². The molecule has 1 aromatic carbocycles. The number of carbonyl (C=O) groups is 1. The highest BCUT2D eigenvalue weighted by Gasteiger charge is 2.40. The van der Waals surface area contributed by atoms with E-state index in [1.807, 2.05) is 6.92 Å². The molecule has 1 rings (SSSR count). The zero-order valence-corrected chi connectivity index (χ0v) is 9.49. The molecule has 0 aromatic heterocycles. The van der Waals surface area contributed by atoms with E-state index >= 15 is 0 Å². The van der Waals surface area contributed by atoms with Gasteiger partial charge in [-0.15, -0.1) is 0 Å². The molecule has 3 nitrogen and oxygen atoms in total. The van der Waals surface area contributed by atoms with E-state index in [9.17, 15) is 14.3 Å². The summed E-state index contributed by atoms with van der Waals surface area (Å²) >= 11 is 0. The van der Waals surface area contributed by atoms with E-state index in [1.165, 1.54) is 6.92 Å². The molecule has 0 saturated heterocycles. The summed E-state index contributed by atoms with van der Waals surface area (Å²) in [7, 11) is 0. The third-order valence-electron chi connectivity index (χ3n) is 2.64. The third-order valence-corrected chi connectivity index (χ3v) is 2.64. The van der Waals surface area contributed by atoms with Crippen molar-refractivity contribution >= 4 is 5.97 Å². The van der Waals surface area contributed by atoms with Gasteiger partial charge in [-0.2, -0.15) is 0 Å². The Kier molecular flexibility index (Phi) is 3.33. The molecule has 0 saturated carbocycles. The number of hydrogen-bond donors (Lipinski definition) is 2. The molecule has 0 radical (unpaired) electrons. The Bertz CT molecular complexity index is 413. The van der Waals surface area contributed by atoms with Gasteiger partial charge in [0.25, 0.3) is 0 Å². The molecule has 0 fully saturated rings. The van der Waals surface area contributed by atoms with Gasteiger partial charge in [-0.3, -0.25) is 0 Å². The summed E-state index contributed by atoms with van der Waals surface area (Å²) in [4.78, 5) is 10.6. The average molecular weight is 226 g/mol. The molecular formula is C12H15FO3. The lowest BCUT2D eigenvalue weighted by Crippen LogP contribution is -2.39. The van der Waals surface area contributed by atoms with Crippen molar-refractivity contribution in [2.24, 2.45) is 0 Å². The minimum absolute atomic E-state index is 0.299. The van der Waals surface area contributed by atoms with E-state index in [2.05, 4.69) is 0 Å². The van der Waals surface area contributed by atoms with Crippen molar-refractivity contribution in [3.05, 3.63) is 34.9 Å². The van der Waals surface area contributed by atoms with Crippen LogP contribution in [0.4, 0.5) is 4.39 Å². The lowest BCUT2D eigenvalue weighted by atomic mass is 9.87. The molecule has 4 heteroatoms. The first-order chi connectivity index (χ1) is 7.26. The zero-order valence-electron chi connectivity index (χ0n) is 9.49. The molecule has 0 spiro atoms. The summed E-state index contributed by atoms with van der Waals surface area (Å²) in [6.07, 6.45) is -2.34. The third kappa shape index (κ3) is 2.22. The Morgan fingerprint density at radius 3 is 2.44 bits per heavy atom. The van der Waals surface area contributed by atoms with E-state index < -0.39 is 17.7 Å². The average Bonchev–Trinajstić information content (AvgIpc) is 2.15. The maximum absolute atomic E-state index is 13.4. The fourth-order valence-electron chi connectivity index (χ4n) is 1.76. The number of rotatable bonds is 3. The maximum Gasteiger partial charge on any atom is 0.341 e. The first-order valence-electron chi connectivity index (χ1n) is 4.93. The second-order valence-electron chi connectivity index (χ2n) is 4.17. The number of carboxylic acids is 1. The van der Waals surface area contributed by atoms with Crippen LogP contribution in [0.15, 0.2) is 18.2 Å². The molecule has 88 valence electrons. The Morgan fingerprint density at radius 1 is 1.44 bits per heavy atom. The van der Waals surface area contributed by atoms with E-state index in [-0.39, 0.29) is 0 Å². The number of aliphatic carboxylic acids is 1. The van der Waals surface area contributed by atoms with Gasteiger partial charge in [-0.05, 0) is 31.9 Å². The molecule has 0 bridgehead atoms. The summed E-state index contributed by atoms with van der Waals surface area (Å²) in [5.41, 5.74) is -0.0615. The van der Waals surface area contributed by atoms with Crippen LogP contribution < -0.4 is 0 Å². The standard InChI is InChI=1S/C12H15FO3/c1-7-4-5-9(8(2)6-7)12(3,16)10(13)11(14)15/h4-6,10,16H,1-3H3,(H,14,15). The monoisotopic (exact) mass is 226 g/mol. The molecule has 1 aromatic rings. The Labute approximate surface area is 93.5 Å². The zero-order chi connectivity index (χ0) is 12.5. The molecule has 0 amide bonds. The number of aliphatic hydroxyl groups is 1. The molecule has 0 aliphatic heterocycles. The summed E-state index contributed by atoms with van der Waals surface area (Å²) in [6, 6.07) is 5.05. The lowest BCUT2D eigenvalue weighted by molar-refractivity contribution is -0.153. The topological polar surface area (TPSA) is 57.5 Å². The maximum atomic E-state index is 13.4. The highest BCUT2D eigenvalue weighted by molar-refractivity contribution is 5.74. The fourth-order valence-corrected chi connectivity index (χ4v) is 1.76. The van der Waals surface area contributed by atoms with Crippen LogP contribution in [-0.2, 0) is 10.4 Å². The molecule has 2 unspecified atom stereocenters. The highest BCUT2D eigenvalue weighted by atomic mass is 19.1. The van der Waals surface area contributed by atoms with E-state index in [0.717, 1.165) is 5.56 Å². The molecule has 2 atom stereocenters. The number of aryl methyl sites for hydroxylation is 2. The van der Waals surface area contributed by atoms with Gasteiger partial charge in [0.05, 0.1) is 0 Å². The summed E-state index contributed by atoms with van der Waals surface area (Å²) in [5, 5.41) is 18.5. The van der Waals surface area contributed by atoms with Crippen LogP contribution in [0.1, 0.15) is 23.6 Å². The fraction of sp³-hybridized carbons (Fsp3) is 0.417. The smallest absolute Gasteiger partial charge is 0.341 e. The molecular weight excluding hydrogens is 211 g/mol. The van der Waals surface area contributed by atoms with Crippen LogP contribution in [0.25, 0.3) is 0 Å². The number of alkyl halides is 1. The molecule has 0 heterocycles. The predicted molar refractivity (Wildman–Crippen MR) is 58.0 cm³/mol. The van der Waals surface area contributed by atoms with Gasteiger partial charge >= 0.3 is 5.97 Å². The SMILES string of the molecule is Cc1ccc(C(C)(O)C(F)C(=O)O)c(C)c1. The van der Waals surface area contributed by atoms with Crippen molar-refractivity contribution < 1.29 is 19.4 Å². The number of benzene rings is 1. The quantitative estimate of drug-likeness (QED) is 0.828. The van der Waals surface area contributed by atoms with Gasteiger partial charge in [0.2, 0.25) is 6.17 Å². The number of hydrogen-bond acceptors (Lipinski definition) is 2. The Balaban J connectivity index is 3.21. The summed E-state index contributed by atoms with van der Waals surface area (Å²) in [5.74, 6) is -1.66. The van der Waals surface area contributed by atoms with Crippen molar-refractivity contribution in [2.45, 2.75) is 32.5 Å². The van der Waals surface area contributed by atoms with Crippen molar-refractivity contribution in [3.8, 4) is 0 Å². The van der Waals surface area contributed by atoms with E-state index in [1.54, 1.807) is 25.1 Å². The Morgan fingerprint density at radius 2 is 2.00 bits per heavy atom. The molecule has 2 N–H and O–H groups in total. The lowest BCUT2D eigenvalue weighted by Gasteiger charge is -2.27. The van der Waals surface area contributed by atoms with Crippen LogP contribution in [0.5, 0.6) is 0 Å². The first kappa shape index (κ1) is 12.6. The number of carboxylic acid groups (broad SMARTS) is 1. The predicted octanol–water partition coefficient (Wildman–Crippen LogP) is 1.93. The minimum atomic E-state index is -2.34. The van der Waals surface area contributed by atoms with Crippen LogP contribution in [-0.4, -0.2) is 22.4 Å². The highest BCUT2D eigenvalue weighted by Crippen LogP contribution is 2.30. The first-order valence-corrected chi connectivity index (χ1v) is 4.93. The van der Waals surface area contributed by atoms with Crippen molar-refractivity contribution in [1.29, 1.82) is 0 Å². The second-order valence-corrected chi connectivity index (χ2v) is 4.17. The van der Waals surface area contributed by atoms with Gasteiger partial charge in [-0.25, -0.2) is 9.18 Å². The van der Waals surface area contributed by atoms with Crippen LogP contribution in [0, 0.1) is 13.8 Å². The van der Waals surface area contributed by atoms with Gasteiger partial charge in [0.15, 0.2) is 0 Å². The summed E-state index contributed by atoms with van der Waals surface area (Å²) in [6.45, 7) is 4.75. The molecule has 0 aliphatic rings. The number of halogens is 1. The van der Waals surface area contributed by atoms with Crippen LogP contribution >= 0.6 is 0 Å². The van der Waals surface area contributed by atoms with E-state index in [4.69, 9.17) is 5.11 Å². The van der Waals surface area contributed by atoms with E-state index in [0.29, 0.717) is 11.1 Å². The van der Waals surface area contributed by atoms with Crippen LogP contribution in [0.2, 0.25) is 0 Å². The Hall–Kier alpha value is -1.42. The van der Waals surface area contributed by atoms with Crippen molar-refractivity contribution in [3.63, 3.8) is 0 Å². The normalized spacial score (nSPS) is 16.6. The molecule has 16 heavy (non-hydrogen) atoms. The molecule has 0 aliphatic carbocycles. The minimum Gasteiger partial charge on any atom is -0.479 e. The van der Waals surface area contributed by atoms with Crippen LogP contribution in [0.3, 0.4) is 0 Å². The second kappa shape index (κ2) is 4.22. The van der Waals surface area contributed by atoms with Gasteiger partial charge in [0.1, 0.15) is 5.60 Å². The van der Waals surface area contributed by atoms with Crippen molar-refractivity contribution in [1.82, 2.24) is 0 Å². The van der Waals surface area contributed by atoms with Gasteiger partial charge < -0.3 is 10.2 Å². The van der Waals surface area contributed by atoms with Gasteiger partial charge in [-0.1, -0.05) is 23.8 Å². The van der Waals surface area contributed by atoms with Gasteiger partial charge in [0, 0.05) is 0 Å². The largest absolute Gasteiger partial charge is 0.479 e.